The highest BCUT2D eigenvalue weighted by Gasteiger charge is 2.11. The predicted octanol–water partition coefficient (Wildman–Crippen LogP) is 5.26. The van der Waals surface area contributed by atoms with Gasteiger partial charge in [-0.25, -0.2) is 4.68 Å². The van der Waals surface area contributed by atoms with E-state index in [2.05, 4.69) is 17.3 Å². The molecule has 0 atom stereocenters. The molecule has 1 heterocycles. The number of anilines is 1. The normalized spacial score (nSPS) is 10.7. The van der Waals surface area contributed by atoms with E-state index in [1.807, 2.05) is 55.5 Å². The van der Waals surface area contributed by atoms with Gasteiger partial charge < -0.3 is 5.32 Å². The molecule has 1 amide bonds. The molecule has 0 aliphatic rings. The van der Waals surface area contributed by atoms with Gasteiger partial charge in [0.05, 0.1) is 11.4 Å². The molecule has 0 saturated carbocycles. The van der Waals surface area contributed by atoms with E-state index in [9.17, 15) is 4.79 Å². The largest absolute Gasteiger partial charge is 0.325 e. The molecule has 0 radical (unpaired) electrons. The van der Waals surface area contributed by atoms with Crippen LogP contribution >= 0.6 is 35.3 Å². The number of carbonyl (C=O) groups is 1. The summed E-state index contributed by atoms with van der Waals surface area (Å²) in [6, 6.07) is 15.8. The molecule has 0 bridgehead atoms. The van der Waals surface area contributed by atoms with Crippen molar-refractivity contribution in [3.05, 3.63) is 63.6 Å². The zero-order valence-corrected chi connectivity index (χ0v) is 17.0. The van der Waals surface area contributed by atoms with Crippen LogP contribution in [0.1, 0.15) is 18.1 Å². The van der Waals surface area contributed by atoms with Gasteiger partial charge in [0.2, 0.25) is 5.91 Å². The molecule has 3 rings (SSSR count). The second-order valence-corrected chi connectivity index (χ2v) is 8.52. The van der Waals surface area contributed by atoms with Crippen LogP contribution in [0.25, 0.3) is 5.69 Å². The first kappa shape index (κ1) is 18.8. The highest BCUT2D eigenvalue weighted by Crippen LogP contribution is 2.25. The maximum atomic E-state index is 12.3. The smallest absolute Gasteiger partial charge is 0.234 e. The lowest BCUT2D eigenvalue weighted by molar-refractivity contribution is -0.113. The zero-order valence-electron chi connectivity index (χ0n) is 14.6. The van der Waals surface area contributed by atoms with E-state index >= 15 is 0 Å². The number of para-hydroxylation sites is 2. The number of carbonyl (C=O) groups excluding carboxylic acids is 1. The number of rotatable bonds is 6. The molecule has 7 heteroatoms. The lowest BCUT2D eigenvalue weighted by Gasteiger charge is -2.08. The molecule has 26 heavy (non-hydrogen) atoms. The monoisotopic (exact) mass is 401 g/mol. The zero-order chi connectivity index (χ0) is 18.5. The lowest BCUT2D eigenvalue weighted by atomic mass is 10.1. The van der Waals surface area contributed by atoms with Crippen molar-refractivity contribution >= 4 is 46.9 Å². The summed E-state index contributed by atoms with van der Waals surface area (Å²) in [5.41, 5.74) is 4.09. The van der Waals surface area contributed by atoms with Crippen molar-refractivity contribution in [2.45, 2.75) is 24.6 Å². The summed E-state index contributed by atoms with van der Waals surface area (Å²) in [7, 11) is 0. The average molecular weight is 402 g/mol. The maximum absolute atomic E-state index is 12.3. The first-order valence-electron chi connectivity index (χ1n) is 8.25. The van der Waals surface area contributed by atoms with Crippen LogP contribution in [0.3, 0.4) is 0 Å². The minimum Gasteiger partial charge on any atom is -0.325 e. The number of thioether (sulfide) groups is 1. The maximum Gasteiger partial charge on any atom is 0.234 e. The third kappa shape index (κ3) is 4.41. The summed E-state index contributed by atoms with van der Waals surface area (Å²) >= 11 is 8.27. The van der Waals surface area contributed by atoms with Crippen molar-refractivity contribution in [2.24, 2.45) is 0 Å². The summed E-state index contributed by atoms with van der Waals surface area (Å²) in [4.78, 5) is 12.3. The molecular weight excluding hydrogens is 382 g/mol. The molecule has 0 fully saturated rings. The van der Waals surface area contributed by atoms with Crippen molar-refractivity contribution < 1.29 is 4.79 Å². The SMILES string of the molecule is CCc1ccccc1NC(=O)CSc1nn(-c2ccccc2C)c(=S)s1. The Hall–Kier alpha value is -1.96. The fourth-order valence-corrected chi connectivity index (χ4v) is 4.68. The molecule has 3 aromatic rings. The number of amides is 1. The van der Waals surface area contributed by atoms with Crippen molar-refractivity contribution in [1.29, 1.82) is 0 Å². The topological polar surface area (TPSA) is 46.9 Å². The van der Waals surface area contributed by atoms with E-state index in [-0.39, 0.29) is 5.91 Å². The van der Waals surface area contributed by atoms with Gasteiger partial charge in [-0.05, 0) is 48.8 Å². The Labute approximate surface area is 166 Å². The Morgan fingerprint density at radius 3 is 2.73 bits per heavy atom. The van der Waals surface area contributed by atoms with Gasteiger partial charge in [0.25, 0.3) is 0 Å². The lowest BCUT2D eigenvalue weighted by Crippen LogP contribution is -2.15. The molecule has 0 saturated heterocycles. The van der Waals surface area contributed by atoms with E-state index in [1.165, 1.54) is 23.1 Å². The number of aromatic nitrogens is 2. The third-order valence-electron chi connectivity index (χ3n) is 3.87. The number of hydrogen-bond donors (Lipinski definition) is 1. The first-order valence-corrected chi connectivity index (χ1v) is 10.5. The number of benzene rings is 2. The molecule has 2 aromatic carbocycles. The van der Waals surface area contributed by atoms with E-state index in [1.54, 1.807) is 4.68 Å². The first-order chi connectivity index (χ1) is 12.6. The Bertz CT molecular complexity index is 978. The summed E-state index contributed by atoms with van der Waals surface area (Å²) < 4.78 is 3.23. The quantitative estimate of drug-likeness (QED) is 0.452. The minimum absolute atomic E-state index is 0.0422. The molecule has 0 aliphatic carbocycles. The Kier molecular flexibility index (Phi) is 6.24. The summed E-state index contributed by atoms with van der Waals surface area (Å²) in [6.45, 7) is 4.10. The van der Waals surface area contributed by atoms with E-state index < -0.39 is 0 Å². The Morgan fingerprint density at radius 2 is 1.96 bits per heavy atom. The second kappa shape index (κ2) is 8.62. The van der Waals surface area contributed by atoms with Crippen LogP contribution < -0.4 is 5.32 Å². The number of aryl methyl sites for hydroxylation is 2. The fourth-order valence-electron chi connectivity index (χ4n) is 2.54. The van der Waals surface area contributed by atoms with Crippen molar-refractivity contribution in [3.8, 4) is 5.69 Å². The number of nitrogens with zero attached hydrogens (tertiary/aromatic N) is 2. The molecule has 0 spiro atoms. The van der Waals surface area contributed by atoms with Gasteiger partial charge in [-0.3, -0.25) is 4.79 Å². The van der Waals surface area contributed by atoms with E-state index in [0.29, 0.717) is 9.71 Å². The Morgan fingerprint density at radius 1 is 1.23 bits per heavy atom. The molecule has 0 aliphatic heterocycles. The third-order valence-corrected chi connectivity index (χ3v) is 6.24. The Balaban J connectivity index is 1.67. The predicted molar refractivity (Wildman–Crippen MR) is 112 cm³/mol. The van der Waals surface area contributed by atoms with Gasteiger partial charge in [-0.1, -0.05) is 66.4 Å². The van der Waals surface area contributed by atoms with Gasteiger partial charge in [-0.2, -0.15) is 0 Å². The van der Waals surface area contributed by atoms with Crippen LogP contribution in [0.5, 0.6) is 0 Å². The van der Waals surface area contributed by atoms with Crippen molar-refractivity contribution in [2.75, 3.05) is 11.1 Å². The van der Waals surface area contributed by atoms with Crippen LogP contribution in [0, 0.1) is 10.9 Å². The van der Waals surface area contributed by atoms with Crippen LogP contribution in [-0.4, -0.2) is 21.4 Å². The fraction of sp³-hybridized carbons (Fsp3) is 0.211. The molecule has 0 unspecified atom stereocenters. The highest BCUT2D eigenvalue weighted by atomic mass is 32.2. The average Bonchev–Trinajstić information content (AvgIpc) is 3.01. The molecule has 1 N–H and O–H groups in total. The van der Waals surface area contributed by atoms with E-state index in [0.717, 1.165) is 33.3 Å². The summed E-state index contributed by atoms with van der Waals surface area (Å²) in [5, 5.41) is 7.55. The van der Waals surface area contributed by atoms with E-state index in [4.69, 9.17) is 12.2 Å². The number of nitrogens with one attached hydrogen (secondary N) is 1. The van der Waals surface area contributed by atoms with Crippen LogP contribution in [0.4, 0.5) is 5.69 Å². The van der Waals surface area contributed by atoms with Gasteiger partial charge in [0, 0.05) is 5.69 Å². The van der Waals surface area contributed by atoms with Gasteiger partial charge in [0.1, 0.15) is 0 Å². The molecule has 1 aromatic heterocycles. The van der Waals surface area contributed by atoms with Crippen LogP contribution in [0.15, 0.2) is 52.9 Å². The summed E-state index contributed by atoms with van der Waals surface area (Å²) in [5.74, 6) is 0.258. The summed E-state index contributed by atoms with van der Waals surface area (Å²) in [6.07, 6.45) is 0.881. The number of hydrogen-bond acceptors (Lipinski definition) is 5. The molecular formula is C19H19N3OS3. The van der Waals surface area contributed by atoms with Crippen molar-refractivity contribution in [3.63, 3.8) is 0 Å². The highest BCUT2D eigenvalue weighted by molar-refractivity contribution is 8.01. The molecule has 4 nitrogen and oxygen atoms in total. The minimum atomic E-state index is -0.0422. The van der Waals surface area contributed by atoms with Gasteiger partial charge in [-0.15, -0.1) is 5.10 Å². The standard InChI is InChI=1S/C19H19N3OS3/c1-3-14-9-5-6-10-15(14)20-17(23)12-25-18-21-22(19(24)26-18)16-11-7-4-8-13(16)2/h4-11H,3,12H2,1-2H3,(H,20,23). The van der Waals surface area contributed by atoms with Gasteiger partial charge in [0.15, 0.2) is 8.29 Å². The van der Waals surface area contributed by atoms with Crippen molar-refractivity contribution in [1.82, 2.24) is 9.78 Å². The van der Waals surface area contributed by atoms with Gasteiger partial charge >= 0.3 is 0 Å². The molecule has 134 valence electrons. The van der Waals surface area contributed by atoms with Crippen LogP contribution in [0.2, 0.25) is 0 Å². The van der Waals surface area contributed by atoms with Crippen LogP contribution in [-0.2, 0) is 11.2 Å². The second-order valence-electron chi connectivity index (χ2n) is 5.68.